The van der Waals surface area contributed by atoms with Crippen LogP contribution in [0.1, 0.15) is 24.1 Å². The number of amides is 2. The first-order chi connectivity index (χ1) is 13.0. The summed E-state index contributed by atoms with van der Waals surface area (Å²) in [5.41, 5.74) is 3.67. The second-order valence-corrected chi connectivity index (χ2v) is 6.62. The minimum Gasteiger partial charge on any atom is -0.457 e. The minimum absolute atomic E-state index is 0.177. The van der Waals surface area contributed by atoms with Crippen molar-refractivity contribution in [3.8, 4) is 0 Å². The maximum absolute atomic E-state index is 12.8. The first-order valence-corrected chi connectivity index (χ1v) is 8.72. The number of anilines is 1. The van der Waals surface area contributed by atoms with E-state index in [0.29, 0.717) is 11.3 Å². The number of urea groups is 1. The fraction of sp³-hybridized carbons (Fsp3) is 0.238. The fourth-order valence-corrected chi connectivity index (χ4v) is 2.98. The number of carbonyl (C=O) groups is 2. The van der Waals surface area contributed by atoms with Crippen molar-refractivity contribution in [3.05, 3.63) is 77.0 Å². The standard InChI is InChI=1S/C21H23N3O3/c1-14-18(20(25)27-13-15-7-5-4-6-8-15)19(23-21(26)22-14)16-9-11-17(12-10-16)24(2)3/h4-12,19H,13H2,1-3H3,(H2,22,23,26)/t19-/m1/s1. The smallest absolute Gasteiger partial charge is 0.338 e. The lowest BCUT2D eigenvalue weighted by Crippen LogP contribution is -2.45. The first kappa shape index (κ1) is 18.5. The molecule has 6 nitrogen and oxygen atoms in total. The zero-order valence-electron chi connectivity index (χ0n) is 15.7. The monoisotopic (exact) mass is 365 g/mol. The maximum atomic E-state index is 12.8. The van der Waals surface area contributed by atoms with Crippen LogP contribution in [0.25, 0.3) is 0 Å². The summed E-state index contributed by atoms with van der Waals surface area (Å²) in [4.78, 5) is 26.7. The number of esters is 1. The van der Waals surface area contributed by atoms with Crippen LogP contribution in [0, 0.1) is 0 Å². The highest BCUT2D eigenvalue weighted by molar-refractivity contribution is 5.95. The number of hydrogen-bond donors (Lipinski definition) is 2. The number of ether oxygens (including phenoxy) is 1. The Labute approximate surface area is 158 Å². The fourth-order valence-electron chi connectivity index (χ4n) is 2.98. The summed E-state index contributed by atoms with van der Waals surface area (Å²) in [7, 11) is 3.91. The van der Waals surface area contributed by atoms with E-state index in [1.807, 2.05) is 73.6 Å². The van der Waals surface area contributed by atoms with Crippen LogP contribution in [0.15, 0.2) is 65.9 Å². The van der Waals surface area contributed by atoms with Gasteiger partial charge in [-0.25, -0.2) is 9.59 Å². The van der Waals surface area contributed by atoms with Crippen LogP contribution in [0.3, 0.4) is 0 Å². The van der Waals surface area contributed by atoms with Gasteiger partial charge in [0.15, 0.2) is 0 Å². The quantitative estimate of drug-likeness (QED) is 0.799. The SMILES string of the molecule is CC1=C(C(=O)OCc2ccccc2)[C@@H](c2ccc(N(C)C)cc2)NC(=O)N1. The molecular weight excluding hydrogens is 342 g/mol. The molecule has 1 aliphatic heterocycles. The van der Waals surface area contributed by atoms with Crippen LogP contribution in [-0.2, 0) is 16.1 Å². The molecule has 0 aliphatic carbocycles. The predicted molar refractivity (Wildman–Crippen MR) is 104 cm³/mol. The minimum atomic E-state index is -0.557. The molecule has 1 atom stereocenters. The highest BCUT2D eigenvalue weighted by Gasteiger charge is 2.32. The van der Waals surface area contributed by atoms with Crippen LogP contribution >= 0.6 is 0 Å². The van der Waals surface area contributed by atoms with Crippen molar-refractivity contribution in [2.75, 3.05) is 19.0 Å². The van der Waals surface area contributed by atoms with Gasteiger partial charge in [-0.2, -0.15) is 0 Å². The molecule has 0 saturated carbocycles. The average Bonchev–Trinajstić information content (AvgIpc) is 2.66. The third kappa shape index (κ3) is 4.28. The average molecular weight is 365 g/mol. The molecule has 0 radical (unpaired) electrons. The van der Waals surface area contributed by atoms with Gasteiger partial charge in [0.25, 0.3) is 0 Å². The Hall–Kier alpha value is -3.28. The van der Waals surface area contributed by atoms with Crippen LogP contribution < -0.4 is 15.5 Å². The highest BCUT2D eigenvalue weighted by atomic mass is 16.5. The van der Waals surface area contributed by atoms with Gasteiger partial charge in [0, 0.05) is 25.5 Å². The Kier molecular flexibility index (Phi) is 5.45. The van der Waals surface area contributed by atoms with Crippen molar-refractivity contribution in [1.29, 1.82) is 0 Å². The summed E-state index contributed by atoms with van der Waals surface area (Å²) in [5, 5.41) is 5.48. The zero-order valence-corrected chi connectivity index (χ0v) is 15.7. The molecule has 140 valence electrons. The lowest BCUT2D eigenvalue weighted by Gasteiger charge is -2.28. The van der Waals surface area contributed by atoms with Crippen molar-refractivity contribution in [3.63, 3.8) is 0 Å². The number of nitrogens with one attached hydrogen (secondary N) is 2. The molecule has 27 heavy (non-hydrogen) atoms. The van der Waals surface area contributed by atoms with Gasteiger partial charge in [-0.15, -0.1) is 0 Å². The van der Waals surface area contributed by atoms with Crippen LogP contribution in [0.5, 0.6) is 0 Å². The zero-order chi connectivity index (χ0) is 19.4. The molecule has 2 N–H and O–H groups in total. The lowest BCUT2D eigenvalue weighted by atomic mass is 9.95. The third-order valence-electron chi connectivity index (χ3n) is 4.44. The first-order valence-electron chi connectivity index (χ1n) is 8.72. The Morgan fingerprint density at radius 3 is 2.37 bits per heavy atom. The number of nitrogens with zero attached hydrogens (tertiary/aromatic N) is 1. The van der Waals surface area contributed by atoms with E-state index in [2.05, 4.69) is 10.6 Å². The van der Waals surface area contributed by atoms with E-state index in [-0.39, 0.29) is 12.6 Å². The lowest BCUT2D eigenvalue weighted by molar-refractivity contribution is -0.140. The summed E-state index contributed by atoms with van der Waals surface area (Å²) in [6, 6.07) is 16.3. The van der Waals surface area contributed by atoms with Crippen molar-refractivity contribution < 1.29 is 14.3 Å². The molecule has 0 spiro atoms. The molecule has 0 saturated heterocycles. The van der Waals surface area contributed by atoms with E-state index in [1.165, 1.54) is 0 Å². The van der Waals surface area contributed by atoms with Crippen LogP contribution in [0.2, 0.25) is 0 Å². The molecule has 2 aromatic carbocycles. The molecule has 6 heteroatoms. The Balaban J connectivity index is 1.84. The van der Waals surface area contributed by atoms with Crippen molar-refractivity contribution in [2.24, 2.45) is 0 Å². The summed E-state index contributed by atoms with van der Waals surface area (Å²) >= 11 is 0. The summed E-state index contributed by atoms with van der Waals surface area (Å²) in [6.07, 6.45) is 0. The second-order valence-electron chi connectivity index (χ2n) is 6.62. The van der Waals surface area contributed by atoms with Gasteiger partial charge >= 0.3 is 12.0 Å². The van der Waals surface area contributed by atoms with Crippen molar-refractivity contribution in [2.45, 2.75) is 19.6 Å². The number of rotatable bonds is 5. The third-order valence-corrected chi connectivity index (χ3v) is 4.44. The summed E-state index contributed by atoms with van der Waals surface area (Å²) in [5.74, 6) is -0.453. The van der Waals surface area contributed by atoms with Gasteiger partial charge < -0.3 is 20.3 Å². The molecule has 0 unspecified atom stereocenters. The van der Waals surface area contributed by atoms with Crippen molar-refractivity contribution in [1.82, 2.24) is 10.6 Å². The van der Waals surface area contributed by atoms with Crippen LogP contribution in [-0.4, -0.2) is 26.1 Å². The Bertz CT molecular complexity index is 858. The Morgan fingerprint density at radius 2 is 1.74 bits per heavy atom. The van der Waals surface area contributed by atoms with E-state index in [4.69, 9.17) is 4.74 Å². The predicted octanol–water partition coefficient (Wildman–Crippen LogP) is 3.12. The largest absolute Gasteiger partial charge is 0.457 e. The van der Waals surface area contributed by atoms with Gasteiger partial charge in [0.05, 0.1) is 11.6 Å². The number of allylic oxidation sites excluding steroid dienone is 1. The molecule has 0 bridgehead atoms. The van der Waals surface area contributed by atoms with E-state index in [1.54, 1.807) is 6.92 Å². The van der Waals surface area contributed by atoms with E-state index < -0.39 is 12.0 Å². The molecular formula is C21H23N3O3. The van der Waals surface area contributed by atoms with Gasteiger partial charge in [-0.1, -0.05) is 42.5 Å². The number of benzene rings is 2. The highest BCUT2D eigenvalue weighted by Crippen LogP contribution is 2.29. The normalized spacial score (nSPS) is 16.4. The topological polar surface area (TPSA) is 70.7 Å². The van der Waals surface area contributed by atoms with Gasteiger partial charge in [-0.05, 0) is 30.2 Å². The molecule has 0 aromatic heterocycles. The van der Waals surface area contributed by atoms with E-state index in [9.17, 15) is 9.59 Å². The summed E-state index contributed by atoms with van der Waals surface area (Å²) in [6.45, 7) is 1.88. The van der Waals surface area contributed by atoms with Gasteiger partial charge in [-0.3, -0.25) is 0 Å². The van der Waals surface area contributed by atoms with Gasteiger partial charge in [0.2, 0.25) is 0 Å². The summed E-state index contributed by atoms with van der Waals surface area (Å²) < 4.78 is 5.49. The molecule has 2 amide bonds. The van der Waals surface area contributed by atoms with Gasteiger partial charge in [0.1, 0.15) is 6.61 Å². The Morgan fingerprint density at radius 1 is 1.07 bits per heavy atom. The molecule has 3 rings (SSSR count). The maximum Gasteiger partial charge on any atom is 0.338 e. The molecule has 1 aliphatic rings. The van der Waals surface area contributed by atoms with Crippen molar-refractivity contribution >= 4 is 17.7 Å². The van der Waals surface area contributed by atoms with E-state index in [0.717, 1.165) is 16.8 Å². The molecule has 0 fully saturated rings. The number of carbonyl (C=O) groups excluding carboxylic acids is 2. The number of hydrogen-bond acceptors (Lipinski definition) is 4. The molecule has 1 heterocycles. The van der Waals surface area contributed by atoms with Crippen LogP contribution in [0.4, 0.5) is 10.5 Å². The van der Waals surface area contributed by atoms with E-state index >= 15 is 0 Å². The molecule has 2 aromatic rings. The second kappa shape index (κ2) is 7.95.